The molecule has 1 aromatic carbocycles. The molecule has 0 amide bonds. The zero-order valence-electron chi connectivity index (χ0n) is 9.73. The monoisotopic (exact) mass is 205 g/mol. The molecule has 15 heavy (non-hydrogen) atoms. The van der Waals surface area contributed by atoms with Crippen LogP contribution in [0.3, 0.4) is 0 Å². The first kappa shape index (κ1) is 11.9. The van der Waals surface area contributed by atoms with Gasteiger partial charge in [-0.2, -0.15) is 0 Å². The molecule has 0 atom stereocenters. The first-order valence-electron chi connectivity index (χ1n) is 5.39. The molecule has 0 aliphatic rings. The van der Waals surface area contributed by atoms with E-state index in [2.05, 4.69) is 18.7 Å². The number of nitrogens with zero attached hydrogens (tertiary/aromatic N) is 1. The van der Waals surface area contributed by atoms with Gasteiger partial charge < -0.3 is 4.90 Å². The first-order chi connectivity index (χ1) is 7.11. The normalized spacial score (nSPS) is 11.0. The highest BCUT2D eigenvalue weighted by molar-refractivity contribution is 5.96. The Kier molecular flexibility index (Phi) is 4.50. The van der Waals surface area contributed by atoms with E-state index in [9.17, 15) is 4.79 Å². The Bertz CT molecular complexity index is 306. The van der Waals surface area contributed by atoms with E-state index in [0.717, 1.165) is 12.1 Å². The van der Waals surface area contributed by atoms with E-state index >= 15 is 0 Å². The second-order valence-electron chi connectivity index (χ2n) is 4.11. The molecular weight excluding hydrogens is 186 g/mol. The highest BCUT2D eigenvalue weighted by Gasteiger charge is 2.08. The number of hydrogen-bond acceptors (Lipinski definition) is 2. The van der Waals surface area contributed by atoms with Gasteiger partial charge in [-0.15, -0.1) is 0 Å². The van der Waals surface area contributed by atoms with Crippen LogP contribution in [0, 0.1) is 0 Å². The van der Waals surface area contributed by atoms with Gasteiger partial charge in [0.1, 0.15) is 0 Å². The zero-order valence-corrected chi connectivity index (χ0v) is 9.73. The molecule has 2 heteroatoms. The summed E-state index contributed by atoms with van der Waals surface area (Å²) in [5.41, 5.74) is 0.814. The molecule has 0 aliphatic heterocycles. The van der Waals surface area contributed by atoms with Crippen molar-refractivity contribution in [3.63, 3.8) is 0 Å². The molecule has 82 valence electrons. The van der Waals surface area contributed by atoms with Gasteiger partial charge in [0.15, 0.2) is 5.78 Å². The van der Waals surface area contributed by atoms with Gasteiger partial charge in [0.2, 0.25) is 0 Å². The van der Waals surface area contributed by atoms with Crippen LogP contribution in [0.1, 0.15) is 30.6 Å². The van der Waals surface area contributed by atoms with Crippen molar-refractivity contribution in [3.05, 3.63) is 35.9 Å². The van der Waals surface area contributed by atoms with E-state index < -0.39 is 0 Å². The predicted octanol–water partition coefficient (Wildman–Crippen LogP) is 2.60. The Balaban J connectivity index is 2.44. The molecule has 0 fully saturated rings. The molecule has 0 radical (unpaired) electrons. The third-order valence-corrected chi connectivity index (χ3v) is 2.67. The lowest BCUT2D eigenvalue weighted by Crippen LogP contribution is -2.28. The summed E-state index contributed by atoms with van der Waals surface area (Å²) in [6, 6.07) is 9.97. The Hall–Kier alpha value is -1.15. The average Bonchev–Trinajstić information content (AvgIpc) is 2.26. The standard InChI is InChI=1S/C13H19NO/c1-11(2)14(3)10-9-13(15)12-7-5-4-6-8-12/h4-8,11H,9-10H2,1-3H3. The molecule has 0 aliphatic carbocycles. The molecular formula is C13H19NO. The van der Waals surface area contributed by atoms with Crippen LogP contribution in [0.2, 0.25) is 0 Å². The average molecular weight is 205 g/mol. The highest BCUT2D eigenvalue weighted by atomic mass is 16.1. The maximum absolute atomic E-state index is 11.7. The third kappa shape index (κ3) is 3.84. The minimum Gasteiger partial charge on any atom is -0.304 e. The number of rotatable bonds is 5. The second kappa shape index (κ2) is 5.66. The molecule has 2 nitrogen and oxygen atoms in total. The van der Waals surface area contributed by atoms with E-state index in [0.29, 0.717) is 12.5 Å². The molecule has 0 bridgehead atoms. The van der Waals surface area contributed by atoms with Crippen LogP contribution in [0.15, 0.2) is 30.3 Å². The molecule has 0 aromatic heterocycles. The van der Waals surface area contributed by atoms with Gasteiger partial charge in [0.25, 0.3) is 0 Å². The molecule has 0 unspecified atom stereocenters. The summed E-state index contributed by atoms with van der Waals surface area (Å²) in [5, 5.41) is 0. The van der Waals surface area contributed by atoms with Crippen molar-refractivity contribution >= 4 is 5.78 Å². The van der Waals surface area contributed by atoms with Gasteiger partial charge >= 0.3 is 0 Å². The van der Waals surface area contributed by atoms with E-state index in [-0.39, 0.29) is 5.78 Å². The number of benzene rings is 1. The number of ketones is 1. The zero-order chi connectivity index (χ0) is 11.3. The Morgan fingerprint density at radius 3 is 2.40 bits per heavy atom. The van der Waals surface area contributed by atoms with Crippen LogP contribution in [0.4, 0.5) is 0 Å². The minimum atomic E-state index is 0.225. The van der Waals surface area contributed by atoms with Crippen molar-refractivity contribution in [2.75, 3.05) is 13.6 Å². The van der Waals surface area contributed by atoms with Crippen LogP contribution in [0.5, 0.6) is 0 Å². The predicted molar refractivity (Wildman–Crippen MR) is 63.2 cm³/mol. The van der Waals surface area contributed by atoms with E-state index in [1.54, 1.807) is 0 Å². The van der Waals surface area contributed by atoms with Crippen molar-refractivity contribution in [1.29, 1.82) is 0 Å². The molecule has 0 saturated heterocycles. The number of hydrogen-bond donors (Lipinski definition) is 0. The number of carbonyl (C=O) groups is 1. The van der Waals surface area contributed by atoms with Gasteiger partial charge in [0.05, 0.1) is 0 Å². The van der Waals surface area contributed by atoms with E-state index in [1.165, 1.54) is 0 Å². The number of carbonyl (C=O) groups excluding carboxylic acids is 1. The van der Waals surface area contributed by atoms with Gasteiger partial charge in [0, 0.05) is 24.6 Å². The molecule has 1 rings (SSSR count). The van der Waals surface area contributed by atoms with Crippen molar-refractivity contribution < 1.29 is 4.79 Å². The summed E-state index contributed by atoms with van der Waals surface area (Å²) < 4.78 is 0. The molecule has 0 saturated carbocycles. The summed E-state index contributed by atoms with van der Waals surface area (Å²) >= 11 is 0. The second-order valence-corrected chi connectivity index (χ2v) is 4.11. The first-order valence-corrected chi connectivity index (χ1v) is 5.39. The lowest BCUT2D eigenvalue weighted by atomic mass is 10.1. The van der Waals surface area contributed by atoms with Crippen molar-refractivity contribution in [2.45, 2.75) is 26.3 Å². The van der Waals surface area contributed by atoms with Crippen LogP contribution >= 0.6 is 0 Å². The van der Waals surface area contributed by atoms with Gasteiger partial charge in [-0.3, -0.25) is 4.79 Å². The number of Topliss-reactive ketones (excluding diaryl/α,β-unsaturated/α-hetero) is 1. The molecule has 0 N–H and O–H groups in total. The summed E-state index contributed by atoms with van der Waals surface area (Å²) in [7, 11) is 2.04. The quantitative estimate of drug-likeness (QED) is 0.689. The van der Waals surface area contributed by atoms with Crippen molar-refractivity contribution in [3.8, 4) is 0 Å². The maximum atomic E-state index is 11.7. The summed E-state index contributed by atoms with van der Waals surface area (Å²) in [5.74, 6) is 0.225. The lowest BCUT2D eigenvalue weighted by Gasteiger charge is -2.20. The molecule has 1 aromatic rings. The minimum absolute atomic E-state index is 0.225. The largest absolute Gasteiger partial charge is 0.304 e. The van der Waals surface area contributed by atoms with Crippen LogP contribution in [-0.4, -0.2) is 30.3 Å². The molecule has 0 heterocycles. The van der Waals surface area contributed by atoms with Crippen LogP contribution < -0.4 is 0 Å². The Morgan fingerprint density at radius 2 is 1.87 bits per heavy atom. The van der Waals surface area contributed by atoms with Gasteiger partial charge in [-0.05, 0) is 20.9 Å². The van der Waals surface area contributed by atoms with Crippen molar-refractivity contribution in [1.82, 2.24) is 4.90 Å². The van der Waals surface area contributed by atoms with Crippen LogP contribution in [-0.2, 0) is 0 Å². The smallest absolute Gasteiger partial charge is 0.164 e. The summed E-state index contributed by atoms with van der Waals surface area (Å²) in [4.78, 5) is 13.9. The van der Waals surface area contributed by atoms with E-state index in [1.807, 2.05) is 37.4 Å². The van der Waals surface area contributed by atoms with Crippen LogP contribution in [0.25, 0.3) is 0 Å². The summed E-state index contributed by atoms with van der Waals surface area (Å²) in [6.45, 7) is 5.09. The highest BCUT2D eigenvalue weighted by Crippen LogP contribution is 2.04. The Labute approximate surface area is 91.9 Å². The fraction of sp³-hybridized carbons (Fsp3) is 0.462. The fourth-order valence-electron chi connectivity index (χ4n) is 1.30. The lowest BCUT2D eigenvalue weighted by molar-refractivity contribution is 0.0964. The SMILES string of the molecule is CC(C)N(C)CCC(=O)c1ccccc1. The van der Waals surface area contributed by atoms with Gasteiger partial charge in [-0.25, -0.2) is 0 Å². The topological polar surface area (TPSA) is 20.3 Å². The van der Waals surface area contributed by atoms with E-state index in [4.69, 9.17) is 0 Å². The third-order valence-electron chi connectivity index (χ3n) is 2.67. The Morgan fingerprint density at radius 1 is 1.27 bits per heavy atom. The maximum Gasteiger partial charge on any atom is 0.164 e. The van der Waals surface area contributed by atoms with Gasteiger partial charge in [-0.1, -0.05) is 30.3 Å². The van der Waals surface area contributed by atoms with Crippen molar-refractivity contribution in [2.24, 2.45) is 0 Å². The fourth-order valence-corrected chi connectivity index (χ4v) is 1.30. The molecule has 0 spiro atoms. The summed E-state index contributed by atoms with van der Waals surface area (Å²) in [6.07, 6.45) is 0.596.